The lowest BCUT2D eigenvalue weighted by atomic mass is 10.0. The number of carbonyl (C=O) groups is 1. The molecule has 33 heavy (non-hydrogen) atoms. The minimum absolute atomic E-state index is 0.110. The van der Waals surface area contributed by atoms with Gasteiger partial charge >= 0.3 is 0 Å². The number of nitrogens with one attached hydrogen (secondary N) is 2. The number of hydrogen-bond acceptors (Lipinski definition) is 8. The van der Waals surface area contributed by atoms with Crippen LogP contribution in [-0.4, -0.2) is 40.8 Å². The Hall–Kier alpha value is -3.73. The van der Waals surface area contributed by atoms with Gasteiger partial charge in [-0.3, -0.25) is 14.8 Å². The number of aryl methyl sites for hydroxylation is 1. The Labute approximate surface area is 191 Å². The molecule has 0 bridgehead atoms. The number of nitrogens with zero attached hydrogens (tertiary/aromatic N) is 1. The summed E-state index contributed by atoms with van der Waals surface area (Å²) >= 11 is 0. The highest BCUT2D eigenvalue weighted by Gasteiger charge is 2.24. The van der Waals surface area contributed by atoms with Crippen LogP contribution in [-0.2, 0) is 21.2 Å². The van der Waals surface area contributed by atoms with Gasteiger partial charge in [0.15, 0.2) is 0 Å². The summed E-state index contributed by atoms with van der Waals surface area (Å²) in [5.74, 6) is 0.773. The van der Waals surface area contributed by atoms with Crippen LogP contribution >= 0.6 is 0 Å². The van der Waals surface area contributed by atoms with Gasteiger partial charge in [-0.05, 0) is 24.1 Å². The Morgan fingerprint density at radius 2 is 1.70 bits per heavy atom. The highest BCUT2D eigenvalue weighted by atomic mass is 32.2. The average molecular weight is 476 g/mol. The molecule has 0 unspecified atom stereocenters. The summed E-state index contributed by atoms with van der Waals surface area (Å²) in [6.45, 7) is 3.21. The Bertz CT molecular complexity index is 1250. The highest BCUT2D eigenvalue weighted by Crippen LogP contribution is 2.37. The van der Waals surface area contributed by atoms with Crippen molar-refractivity contribution in [1.82, 2.24) is 5.16 Å². The second-order valence-electron chi connectivity index (χ2n) is 6.94. The van der Waals surface area contributed by atoms with Crippen LogP contribution in [0, 0.1) is 0 Å². The quantitative estimate of drug-likeness (QED) is 0.479. The molecule has 0 fully saturated rings. The molecule has 0 aliphatic heterocycles. The number of sulfonamides is 1. The molecule has 0 aliphatic carbocycles. The normalized spacial score (nSPS) is 11.1. The van der Waals surface area contributed by atoms with Gasteiger partial charge in [0, 0.05) is 25.1 Å². The standard InChI is InChI=1S/C22H25N3O7S/c1-6-18-21(22(32-24-18)23-13(2)26)14-7-8-19(31-5)20(9-14)33(27,28)25-15-10-16(29-3)12-17(11-15)30-4/h7-12,25H,6H2,1-5H3,(H,23,26). The molecular weight excluding hydrogens is 450 g/mol. The maximum atomic E-state index is 13.3. The molecule has 2 aromatic carbocycles. The lowest BCUT2D eigenvalue weighted by Gasteiger charge is -2.15. The fourth-order valence-electron chi connectivity index (χ4n) is 3.23. The summed E-state index contributed by atoms with van der Waals surface area (Å²) in [5, 5.41) is 6.58. The molecule has 0 spiro atoms. The molecule has 0 radical (unpaired) electrons. The Morgan fingerprint density at radius 3 is 2.24 bits per heavy atom. The zero-order valence-electron chi connectivity index (χ0n) is 18.9. The molecule has 10 nitrogen and oxygen atoms in total. The maximum absolute atomic E-state index is 13.3. The third-order valence-electron chi connectivity index (χ3n) is 4.73. The summed E-state index contributed by atoms with van der Waals surface area (Å²) in [4.78, 5) is 11.5. The largest absolute Gasteiger partial charge is 0.497 e. The number of benzene rings is 2. The predicted molar refractivity (Wildman–Crippen MR) is 123 cm³/mol. The zero-order chi connectivity index (χ0) is 24.2. The number of amides is 1. The molecule has 1 amide bonds. The molecule has 0 atom stereocenters. The fraction of sp³-hybridized carbons (Fsp3) is 0.273. The third-order valence-corrected chi connectivity index (χ3v) is 6.14. The minimum Gasteiger partial charge on any atom is -0.497 e. The van der Waals surface area contributed by atoms with Gasteiger partial charge in [0.2, 0.25) is 11.8 Å². The predicted octanol–water partition coefficient (Wildman–Crippen LogP) is 3.69. The number of anilines is 2. The van der Waals surface area contributed by atoms with Gasteiger partial charge in [0.25, 0.3) is 10.0 Å². The van der Waals surface area contributed by atoms with E-state index in [1.165, 1.54) is 52.5 Å². The molecule has 176 valence electrons. The van der Waals surface area contributed by atoms with E-state index in [0.29, 0.717) is 34.7 Å². The second kappa shape index (κ2) is 9.82. The van der Waals surface area contributed by atoms with Crippen molar-refractivity contribution in [1.29, 1.82) is 0 Å². The van der Waals surface area contributed by atoms with E-state index in [4.69, 9.17) is 18.7 Å². The van der Waals surface area contributed by atoms with E-state index in [0.717, 1.165) is 0 Å². The Balaban J connectivity index is 2.10. The molecule has 11 heteroatoms. The van der Waals surface area contributed by atoms with Crippen LogP contribution in [0.15, 0.2) is 45.8 Å². The summed E-state index contributed by atoms with van der Waals surface area (Å²) in [6, 6.07) is 9.32. The molecule has 0 aliphatic rings. The molecule has 3 rings (SSSR count). The number of rotatable bonds is 9. The van der Waals surface area contributed by atoms with Crippen molar-refractivity contribution in [3.8, 4) is 28.4 Å². The number of carbonyl (C=O) groups excluding carboxylic acids is 1. The van der Waals surface area contributed by atoms with Crippen LogP contribution in [0.1, 0.15) is 19.5 Å². The Kier molecular flexibility index (Phi) is 7.12. The van der Waals surface area contributed by atoms with E-state index < -0.39 is 10.0 Å². The summed E-state index contributed by atoms with van der Waals surface area (Å²) in [5.41, 5.74) is 1.80. The van der Waals surface area contributed by atoms with E-state index in [1.807, 2.05) is 6.92 Å². The molecular formula is C22H25N3O7S. The van der Waals surface area contributed by atoms with Gasteiger partial charge < -0.3 is 18.7 Å². The van der Waals surface area contributed by atoms with Gasteiger partial charge in [0.05, 0.1) is 38.3 Å². The van der Waals surface area contributed by atoms with Crippen molar-refractivity contribution < 1.29 is 31.9 Å². The van der Waals surface area contributed by atoms with E-state index in [9.17, 15) is 13.2 Å². The van der Waals surface area contributed by atoms with Crippen molar-refractivity contribution in [2.24, 2.45) is 0 Å². The average Bonchev–Trinajstić information content (AvgIpc) is 3.19. The van der Waals surface area contributed by atoms with Gasteiger partial charge in [-0.1, -0.05) is 18.1 Å². The van der Waals surface area contributed by atoms with Crippen LogP contribution in [0.2, 0.25) is 0 Å². The van der Waals surface area contributed by atoms with Crippen LogP contribution in [0.5, 0.6) is 17.2 Å². The SMILES string of the molecule is CCc1noc(NC(C)=O)c1-c1ccc(OC)c(S(=O)(=O)Nc2cc(OC)cc(OC)c2)c1. The van der Waals surface area contributed by atoms with E-state index in [1.54, 1.807) is 12.1 Å². The summed E-state index contributed by atoms with van der Waals surface area (Å²) < 4.78 is 50.2. The first-order valence-corrected chi connectivity index (χ1v) is 11.4. The van der Waals surface area contributed by atoms with Crippen molar-refractivity contribution in [3.05, 3.63) is 42.1 Å². The first-order valence-electron chi connectivity index (χ1n) is 9.92. The monoisotopic (exact) mass is 475 g/mol. The highest BCUT2D eigenvalue weighted by molar-refractivity contribution is 7.92. The van der Waals surface area contributed by atoms with Crippen molar-refractivity contribution in [2.75, 3.05) is 31.4 Å². The smallest absolute Gasteiger partial charge is 0.265 e. The number of hydrogen-bond donors (Lipinski definition) is 2. The summed E-state index contributed by atoms with van der Waals surface area (Å²) in [7, 11) is 0.215. The van der Waals surface area contributed by atoms with Gasteiger partial charge in [0.1, 0.15) is 22.1 Å². The van der Waals surface area contributed by atoms with Crippen LogP contribution < -0.4 is 24.2 Å². The molecule has 1 heterocycles. The van der Waals surface area contributed by atoms with Gasteiger partial charge in [-0.25, -0.2) is 8.42 Å². The molecule has 2 N–H and O–H groups in total. The first kappa shape index (κ1) is 23.9. The van der Waals surface area contributed by atoms with Crippen LogP contribution in [0.25, 0.3) is 11.1 Å². The van der Waals surface area contributed by atoms with Gasteiger partial charge in [-0.15, -0.1) is 0 Å². The molecule has 0 saturated carbocycles. The van der Waals surface area contributed by atoms with E-state index in [2.05, 4.69) is 15.2 Å². The summed E-state index contributed by atoms with van der Waals surface area (Å²) in [6.07, 6.45) is 0.508. The zero-order valence-corrected chi connectivity index (χ0v) is 19.7. The second-order valence-corrected chi connectivity index (χ2v) is 8.59. The first-order chi connectivity index (χ1) is 15.7. The third kappa shape index (κ3) is 5.20. The van der Waals surface area contributed by atoms with Crippen molar-refractivity contribution >= 4 is 27.5 Å². The molecule has 1 aromatic heterocycles. The molecule has 3 aromatic rings. The van der Waals surface area contributed by atoms with E-state index in [-0.39, 0.29) is 28.1 Å². The van der Waals surface area contributed by atoms with Crippen LogP contribution in [0.3, 0.4) is 0 Å². The minimum atomic E-state index is -4.10. The fourth-order valence-corrected chi connectivity index (χ4v) is 4.46. The van der Waals surface area contributed by atoms with Crippen molar-refractivity contribution in [3.63, 3.8) is 0 Å². The number of aromatic nitrogens is 1. The lowest BCUT2D eigenvalue weighted by molar-refractivity contribution is -0.114. The molecule has 0 saturated heterocycles. The number of methoxy groups -OCH3 is 3. The van der Waals surface area contributed by atoms with Crippen molar-refractivity contribution in [2.45, 2.75) is 25.2 Å². The maximum Gasteiger partial charge on any atom is 0.265 e. The Morgan fingerprint density at radius 1 is 1.03 bits per heavy atom. The lowest BCUT2D eigenvalue weighted by Crippen LogP contribution is -2.14. The van der Waals surface area contributed by atoms with E-state index >= 15 is 0 Å². The van der Waals surface area contributed by atoms with Crippen LogP contribution in [0.4, 0.5) is 11.6 Å². The van der Waals surface area contributed by atoms with Gasteiger partial charge in [-0.2, -0.15) is 0 Å². The topological polar surface area (TPSA) is 129 Å². The number of ether oxygens (including phenoxy) is 3.